The first-order valence-corrected chi connectivity index (χ1v) is 5.92. The van der Waals surface area contributed by atoms with Crippen molar-refractivity contribution in [2.75, 3.05) is 0 Å². The maximum atomic E-state index is 11.8. The summed E-state index contributed by atoms with van der Waals surface area (Å²) in [6, 6.07) is 7.00. The SMILES string of the molecule is Cc1ccccc1OC(=O)c1scnc1C(=O)O. The van der Waals surface area contributed by atoms with Crippen molar-refractivity contribution >= 4 is 23.3 Å². The molecule has 2 aromatic rings. The van der Waals surface area contributed by atoms with E-state index in [4.69, 9.17) is 9.84 Å². The second-order valence-corrected chi connectivity index (χ2v) is 4.35. The van der Waals surface area contributed by atoms with Crippen molar-refractivity contribution < 1.29 is 19.4 Å². The lowest BCUT2D eigenvalue weighted by atomic mass is 10.2. The van der Waals surface area contributed by atoms with Gasteiger partial charge in [-0.2, -0.15) is 0 Å². The van der Waals surface area contributed by atoms with Crippen molar-refractivity contribution in [2.24, 2.45) is 0 Å². The highest BCUT2D eigenvalue weighted by molar-refractivity contribution is 7.12. The van der Waals surface area contributed by atoms with Crippen molar-refractivity contribution in [3.63, 3.8) is 0 Å². The molecule has 1 N–H and O–H groups in total. The highest BCUT2D eigenvalue weighted by atomic mass is 32.1. The van der Waals surface area contributed by atoms with Crippen molar-refractivity contribution in [3.8, 4) is 5.75 Å². The summed E-state index contributed by atoms with van der Waals surface area (Å²) in [7, 11) is 0. The number of nitrogens with zero attached hydrogens (tertiary/aromatic N) is 1. The number of aromatic nitrogens is 1. The van der Waals surface area contributed by atoms with Gasteiger partial charge in [0.05, 0.1) is 5.51 Å². The Morgan fingerprint density at radius 2 is 2.06 bits per heavy atom. The molecule has 18 heavy (non-hydrogen) atoms. The normalized spacial score (nSPS) is 10.1. The number of hydrogen-bond donors (Lipinski definition) is 1. The summed E-state index contributed by atoms with van der Waals surface area (Å²) in [6.45, 7) is 1.80. The summed E-state index contributed by atoms with van der Waals surface area (Å²) in [4.78, 5) is 26.3. The van der Waals surface area contributed by atoms with Crippen LogP contribution in [0, 0.1) is 6.92 Å². The second-order valence-electron chi connectivity index (χ2n) is 3.49. The molecule has 0 radical (unpaired) electrons. The van der Waals surface area contributed by atoms with Crippen molar-refractivity contribution in [1.29, 1.82) is 0 Å². The van der Waals surface area contributed by atoms with Crippen LogP contribution in [0.15, 0.2) is 29.8 Å². The molecule has 0 spiro atoms. The third kappa shape index (κ3) is 2.38. The Morgan fingerprint density at radius 3 is 2.72 bits per heavy atom. The van der Waals surface area contributed by atoms with E-state index in [1.165, 1.54) is 5.51 Å². The second kappa shape index (κ2) is 4.97. The zero-order valence-corrected chi connectivity index (χ0v) is 10.2. The Morgan fingerprint density at radius 1 is 1.33 bits per heavy atom. The predicted octanol–water partition coefficient (Wildman–Crippen LogP) is 2.37. The minimum absolute atomic E-state index is 0.00856. The lowest BCUT2D eigenvalue weighted by Crippen LogP contribution is -2.12. The van der Waals surface area contributed by atoms with Gasteiger partial charge in [0.1, 0.15) is 10.6 Å². The molecule has 5 nitrogen and oxygen atoms in total. The summed E-state index contributed by atoms with van der Waals surface area (Å²) in [5, 5.41) is 8.86. The summed E-state index contributed by atoms with van der Waals surface area (Å²) < 4.78 is 5.15. The number of hydrogen-bond acceptors (Lipinski definition) is 5. The number of aromatic carboxylic acids is 1. The number of carbonyl (C=O) groups is 2. The van der Waals surface area contributed by atoms with Crippen LogP contribution in [-0.4, -0.2) is 22.0 Å². The first-order chi connectivity index (χ1) is 8.59. The Bertz CT molecular complexity index is 606. The number of carbonyl (C=O) groups excluding carboxylic acids is 1. The van der Waals surface area contributed by atoms with E-state index in [1.807, 2.05) is 6.07 Å². The third-order valence-electron chi connectivity index (χ3n) is 2.25. The topological polar surface area (TPSA) is 76.5 Å². The molecule has 0 aliphatic heterocycles. The molecule has 1 aromatic carbocycles. The molecule has 0 aliphatic rings. The molecule has 0 saturated carbocycles. The number of carboxylic acid groups (broad SMARTS) is 1. The first-order valence-electron chi connectivity index (χ1n) is 5.04. The van der Waals surface area contributed by atoms with Gasteiger partial charge in [-0.15, -0.1) is 11.3 Å². The van der Waals surface area contributed by atoms with Crippen LogP contribution in [0.25, 0.3) is 0 Å². The van der Waals surface area contributed by atoms with E-state index in [9.17, 15) is 9.59 Å². The number of para-hydroxylation sites is 1. The van der Waals surface area contributed by atoms with Crippen LogP contribution in [-0.2, 0) is 0 Å². The van der Waals surface area contributed by atoms with E-state index < -0.39 is 11.9 Å². The molecule has 2 rings (SSSR count). The van der Waals surface area contributed by atoms with E-state index in [-0.39, 0.29) is 10.6 Å². The molecule has 1 heterocycles. The minimum atomic E-state index is -1.24. The van der Waals surface area contributed by atoms with Gasteiger partial charge < -0.3 is 9.84 Å². The van der Waals surface area contributed by atoms with Crippen LogP contribution in [0.2, 0.25) is 0 Å². The third-order valence-corrected chi connectivity index (χ3v) is 3.06. The van der Waals surface area contributed by atoms with Gasteiger partial charge >= 0.3 is 11.9 Å². The molecule has 0 amide bonds. The quantitative estimate of drug-likeness (QED) is 0.679. The molecule has 0 fully saturated rings. The zero-order chi connectivity index (χ0) is 13.1. The maximum absolute atomic E-state index is 11.8. The van der Waals surface area contributed by atoms with E-state index in [0.717, 1.165) is 16.9 Å². The van der Waals surface area contributed by atoms with Crippen LogP contribution in [0.4, 0.5) is 0 Å². The lowest BCUT2D eigenvalue weighted by Gasteiger charge is -2.05. The molecule has 92 valence electrons. The molecule has 0 atom stereocenters. The Hall–Kier alpha value is -2.21. The zero-order valence-electron chi connectivity index (χ0n) is 9.41. The van der Waals surface area contributed by atoms with Crippen LogP contribution in [0.5, 0.6) is 5.75 Å². The minimum Gasteiger partial charge on any atom is -0.476 e. The van der Waals surface area contributed by atoms with Gasteiger partial charge in [0.15, 0.2) is 5.69 Å². The molecule has 0 unspecified atom stereocenters. The largest absolute Gasteiger partial charge is 0.476 e. The van der Waals surface area contributed by atoms with Gasteiger partial charge in [-0.25, -0.2) is 14.6 Å². The van der Waals surface area contributed by atoms with E-state index in [2.05, 4.69) is 4.98 Å². The van der Waals surface area contributed by atoms with Gasteiger partial charge in [0.25, 0.3) is 0 Å². The fraction of sp³-hybridized carbons (Fsp3) is 0.0833. The summed E-state index contributed by atoms with van der Waals surface area (Å²) in [6.07, 6.45) is 0. The Balaban J connectivity index is 2.25. The smallest absolute Gasteiger partial charge is 0.356 e. The molecular weight excluding hydrogens is 254 g/mol. The Kier molecular flexibility index (Phi) is 3.38. The number of rotatable bonds is 3. The van der Waals surface area contributed by atoms with Gasteiger partial charge in [-0.3, -0.25) is 0 Å². The van der Waals surface area contributed by atoms with E-state index >= 15 is 0 Å². The number of carboxylic acids is 1. The molecule has 1 aromatic heterocycles. The van der Waals surface area contributed by atoms with Gasteiger partial charge in [0, 0.05) is 0 Å². The van der Waals surface area contributed by atoms with Crippen molar-refractivity contribution in [3.05, 3.63) is 45.9 Å². The maximum Gasteiger partial charge on any atom is 0.356 e. The molecule has 0 saturated heterocycles. The number of benzene rings is 1. The molecule has 0 bridgehead atoms. The summed E-state index contributed by atoms with van der Waals surface area (Å²) in [5.74, 6) is -1.54. The highest BCUT2D eigenvalue weighted by Crippen LogP contribution is 2.20. The highest BCUT2D eigenvalue weighted by Gasteiger charge is 2.22. The fourth-order valence-corrected chi connectivity index (χ4v) is 2.01. The number of thiazole rings is 1. The number of aryl methyl sites for hydroxylation is 1. The van der Waals surface area contributed by atoms with Crippen molar-refractivity contribution in [2.45, 2.75) is 6.92 Å². The van der Waals surface area contributed by atoms with Gasteiger partial charge in [0.2, 0.25) is 0 Å². The number of ether oxygens (including phenoxy) is 1. The summed E-state index contributed by atoms with van der Waals surface area (Å²) in [5.41, 5.74) is 1.82. The predicted molar refractivity (Wildman–Crippen MR) is 65.2 cm³/mol. The first kappa shape index (κ1) is 12.3. The number of esters is 1. The standard InChI is InChI=1S/C12H9NO4S/c1-7-4-2-3-5-8(7)17-12(16)10-9(11(14)15)13-6-18-10/h2-6H,1H3,(H,14,15). The molecule has 0 aliphatic carbocycles. The Labute approximate surface area is 107 Å². The fourth-order valence-electron chi connectivity index (χ4n) is 1.36. The molecular formula is C12H9NO4S. The van der Waals surface area contributed by atoms with E-state index in [0.29, 0.717) is 5.75 Å². The van der Waals surface area contributed by atoms with Gasteiger partial charge in [-0.1, -0.05) is 18.2 Å². The van der Waals surface area contributed by atoms with Crippen molar-refractivity contribution in [1.82, 2.24) is 4.98 Å². The summed E-state index contributed by atoms with van der Waals surface area (Å²) >= 11 is 0.945. The van der Waals surface area contributed by atoms with Crippen LogP contribution < -0.4 is 4.74 Å². The van der Waals surface area contributed by atoms with Crippen LogP contribution >= 0.6 is 11.3 Å². The average molecular weight is 263 g/mol. The van der Waals surface area contributed by atoms with Gasteiger partial charge in [-0.05, 0) is 18.6 Å². The lowest BCUT2D eigenvalue weighted by molar-refractivity contribution is 0.0665. The van der Waals surface area contributed by atoms with Crippen LogP contribution in [0.1, 0.15) is 25.7 Å². The monoisotopic (exact) mass is 263 g/mol. The van der Waals surface area contributed by atoms with Crippen LogP contribution in [0.3, 0.4) is 0 Å². The molecule has 6 heteroatoms. The van der Waals surface area contributed by atoms with E-state index in [1.54, 1.807) is 25.1 Å². The average Bonchev–Trinajstić information content (AvgIpc) is 2.81.